The first kappa shape index (κ1) is 11.9. The van der Waals surface area contributed by atoms with Crippen LogP contribution in [0.3, 0.4) is 0 Å². The van der Waals surface area contributed by atoms with Gasteiger partial charge in [0.25, 0.3) is 0 Å². The van der Waals surface area contributed by atoms with Gasteiger partial charge in [-0.2, -0.15) is 0 Å². The van der Waals surface area contributed by atoms with E-state index in [1.165, 1.54) is 16.7 Å². The molecule has 0 aliphatic rings. The van der Waals surface area contributed by atoms with E-state index in [1.54, 1.807) is 0 Å². The lowest BCUT2D eigenvalue weighted by Gasteiger charge is -2.12. The Morgan fingerprint density at radius 1 is 0.882 bits per heavy atom. The monoisotopic (exact) mass is 226 g/mol. The molecule has 0 spiro atoms. The van der Waals surface area contributed by atoms with E-state index in [9.17, 15) is 5.11 Å². The summed E-state index contributed by atoms with van der Waals surface area (Å²) in [6.45, 7) is 2.09. The van der Waals surface area contributed by atoms with Crippen LogP contribution in [0.1, 0.15) is 16.7 Å². The van der Waals surface area contributed by atoms with E-state index in [1.807, 2.05) is 30.3 Å². The smallest absolute Gasteiger partial charge is 0.0620 e. The van der Waals surface area contributed by atoms with Gasteiger partial charge >= 0.3 is 0 Å². The summed E-state index contributed by atoms with van der Waals surface area (Å²) in [6, 6.07) is 18.4. The summed E-state index contributed by atoms with van der Waals surface area (Å²) in [7, 11) is 0. The first-order valence-electron chi connectivity index (χ1n) is 6.02. The van der Waals surface area contributed by atoms with Gasteiger partial charge in [-0.25, -0.2) is 0 Å². The molecular formula is C16H18O. The molecule has 17 heavy (non-hydrogen) atoms. The highest BCUT2D eigenvalue weighted by atomic mass is 16.3. The van der Waals surface area contributed by atoms with Crippen LogP contribution in [0.4, 0.5) is 0 Å². The van der Waals surface area contributed by atoms with Crippen LogP contribution < -0.4 is 0 Å². The van der Waals surface area contributed by atoms with Crippen molar-refractivity contribution in [1.29, 1.82) is 0 Å². The lowest BCUT2D eigenvalue weighted by atomic mass is 9.98. The van der Waals surface area contributed by atoms with E-state index < -0.39 is 0 Å². The van der Waals surface area contributed by atoms with E-state index in [-0.39, 0.29) is 6.10 Å². The standard InChI is InChI=1S/C16H18O/c1-13-7-5-6-10-15(13)12-16(17)11-14-8-3-2-4-9-14/h2-10,16-17H,11-12H2,1H3. The van der Waals surface area contributed by atoms with Gasteiger partial charge in [-0.3, -0.25) is 0 Å². The van der Waals surface area contributed by atoms with Crippen LogP contribution in [0, 0.1) is 6.92 Å². The average molecular weight is 226 g/mol. The first-order chi connectivity index (χ1) is 8.25. The van der Waals surface area contributed by atoms with Gasteiger partial charge < -0.3 is 5.11 Å². The first-order valence-corrected chi connectivity index (χ1v) is 6.02. The van der Waals surface area contributed by atoms with Crippen LogP contribution in [0.5, 0.6) is 0 Å². The molecule has 2 aromatic rings. The molecular weight excluding hydrogens is 208 g/mol. The summed E-state index contributed by atoms with van der Waals surface area (Å²) in [4.78, 5) is 0. The van der Waals surface area contributed by atoms with E-state index >= 15 is 0 Å². The molecule has 0 bridgehead atoms. The van der Waals surface area contributed by atoms with Crippen LogP contribution in [-0.4, -0.2) is 11.2 Å². The van der Waals surface area contributed by atoms with Crippen molar-refractivity contribution in [3.05, 3.63) is 71.3 Å². The van der Waals surface area contributed by atoms with Gasteiger partial charge in [-0.05, 0) is 36.5 Å². The minimum absolute atomic E-state index is 0.307. The molecule has 0 aromatic heterocycles. The van der Waals surface area contributed by atoms with E-state index in [0.717, 1.165) is 12.8 Å². The Hall–Kier alpha value is -1.60. The van der Waals surface area contributed by atoms with E-state index in [4.69, 9.17) is 0 Å². The second kappa shape index (κ2) is 5.65. The Morgan fingerprint density at radius 3 is 2.24 bits per heavy atom. The quantitative estimate of drug-likeness (QED) is 0.849. The third kappa shape index (κ3) is 3.43. The molecule has 0 amide bonds. The molecule has 1 unspecified atom stereocenters. The molecule has 0 aliphatic heterocycles. The highest BCUT2D eigenvalue weighted by Gasteiger charge is 2.07. The summed E-state index contributed by atoms with van der Waals surface area (Å²) in [5.41, 5.74) is 3.67. The number of rotatable bonds is 4. The van der Waals surface area contributed by atoms with Crippen molar-refractivity contribution >= 4 is 0 Å². The minimum Gasteiger partial charge on any atom is -0.392 e. The fraction of sp³-hybridized carbons (Fsp3) is 0.250. The molecule has 1 atom stereocenters. The SMILES string of the molecule is Cc1ccccc1CC(O)Cc1ccccc1. The molecule has 1 nitrogen and oxygen atoms in total. The largest absolute Gasteiger partial charge is 0.392 e. The van der Waals surface area contributed by atoms with Crippen LogP contribution >= 0.6 is 0 Å². The molecule has 0 fully saturated rings. The summed E-state index contributed by atoms with van der Waals surface area (Å²) >= 11 is 0. The lowest BCUT2D eigenvalue weighted by molar-refractivity contribution is 0.175. The second-order valence-electron chi connectivity index (χ2n) is 4.47. The topological polar surface area (TPSA) is 20.2 Å². The zero-order valence-corrected chi connectivity index (χ0v) is 10.1. The molecule has 0 radical (unpaired) electrons. The number of aryl methyl sites for hydroxylation is 1. The summed E-state index contributed by atoms with van der Waals surface area (Å²) in [5.74, 6) is 0. The van der Waals surface area contributed by atoms with Gasteiger partial charge in [0.1, 0.15) is 0 Å². The molecule has 0 saturated heterocycles. The van der Waals surface area contributed by atoms with Gasteiger partial charge in [0.05, 0.1) is 6.10 Å². The number of benzene rings is 2. The summed E-state index contributed by atoms with van der Waals surface area (Å²) in [6.07, 6.45) is 1.13. The fourth-order valence-corrected chi connectivity index (χ4v) is 2.05. The normalized spacial score (nSPS) is 12.4. The maximum Gasteiger partial charge on any atom is 0.0620 e. The molecule has 2 rings (SSSR count). The number of aliphatic hydroxyl groups excluding tert-OH is 1. The average Bonchev–Trinajstić information content (AvgIpc) is 2.33. The predicted octanol–water partition coefficient (Wildman–Crippen LogP) is 3.14. The Kier molecular flexibility index (Phi) is 3.94. The molecule has 0 heterocycles. The molecule has 0 aliphatic carbocycles. The van der Waals surface area contributed by atoms with Crippen molar-refractivity contribution in [1.82, 2.24) is 0 Å². The highest BCUT2D eigenvalue weighted by Crippen LogP contribution is 2.12. The lowest BCUT2D eigenvalue weighted by Crippen LogP contribution is -2.14. The Bertz CT molecular complexity index is 462. The molecule has 0 saturated carbocycles. The van der Waals surface area contributed by atoms with Gasteiger partial charge in [-0.15, -0.1) is 0 Å². The maximum atomic E-state index is 10.1. The number of hydrogen-bond acceptors (Lipinski definition) is 1. The highest BCUT2D eigenvalue weighted by molar-refractivity contribution is 5.26. The second-order valence-corrected chi connectivity index (χ2v) is 4.47. The fourth-order valence-electron chi connectivity index (χ4n) is 2.05. The van der Waals surface area contributed by atoms with E-state index in [0.29, 0.717) is 0 Å². The van der Waals surface area contributed by atoms with Crippen LogP contribution in [0.15, 0.2) is 54.6 Å². The predicted molar refractivity (Wildman–Crippen MR) is 71.0 cm³/mol. The Morgan fingerprint density at radius 2 is 1.53 bits per heavy atom. The zero-order valence-electron chi connectivity index (χ0n) is 10.1. The third-order valence-electron chi connectivity index (χ3n) is 3.03. The molecule has 2 aromatic carbocycles. The molecule has 1 N–H and O–H groups in total. The molecule has 88 valence electrons. The van der Waals surface area contributed by atoms with Crippen molar-refractivity contribution in [2.24, 2.45) is 0 Å². The van der Waals surface area contributed by atoms with E-state index in [2.05, 4.69) is 31.2 Å². The van der Waals surface area contributed by atoms with Crippen LogP contribution in [-0.2, 0) is 12.8 Å². The third-order valence-corrected chi connectivity index (χ3v) is 3.03. The summed E-state index contributed by atoms with van der Waals surface area (Å²) in [5, 5.41) is 10.1. The Labute approximate surface area is 103 Å². The van der Waals surface area contributed by atoms with Crippen molar-refractivity contribution in [3.8, 4) is 0 Å². The zero-order chi connectivity index (χ0) is 12.1. The van der Waals surface area contributed by atoms with Gasteiger partial charge in [-0.1, -0.05) is 54.6 Å². The van der Waals surface area contributed by atoms with Crippen molar-refractivity contribution < 1.29 is 5.11 Å². The van der Waals surface area contributed by atoms with Crippen molar-refractivity contribution in [2.45, 2.75) is 25.9 Å². The van der Waals surface area contributed by atoms with Gasteiger partial charge in [0.2, 0.25) is 0 Å². The Balaban J connectivity index is 1.98. The number of hydrogen-bond donors (Lipinski definition) is 1. The van der Waals surface area contributed by atoms with Crippen molar-refractivity contribution in [2.75, 3.05) is 0 Å². The van der Waals surface area contributed by atoms with Gasteiger partial charge in [0, 0.05) is 0 Å². The minimum atomic E-state index is -0.307. The van der Waals surface area contributed by atoms with Gasteiger partial charge in [0.15, 0.2) is 0 Å². The summed E-state index contributed by atoms with van der Waals surface area (Å²) < 4.78 is 0. The number of aliphatic hydroxyl groups is 1. The molecule has 1 heteroatoms. The maximum absolute atomic E-state index is 10.1. The van der Waals surface area contributed by atoms with Crippen LogP contribution in [0.2, 0.25) is 0 Å². The van der Waals surface area contributed by atoms with Crippen LogP contribution in [0.25, 0.3) is 0 Å². The van der Waals surface area contributed by atoms with Crippen molar-refractivity contribution in [3.63, 3.8) is 0 Å².